The Labute approximate surface area is 92.8 Å². The van der Waals surface area contributed by atoms with E-state index in [1.54, 1.807) is 12.4 Å². The van der Waals surface area contributed by atoms with Crippen LogP contribution < -0.4 is 5.32 Å². The Morgan fingerprint density at radius 2 is 2.27 bits per heavy atom. The molecule has 1 atom stereocenters. The van der Waals surface area contributed by atoms with E-state index in [1.165, 1.54) is 0 Å². The zero-order valence-electron chi connectivity index (χ0n) is 8.69. The molecule has 1 aromatic rings. The number of rotatable bonds is 3. The second-order valence-corrected chi connectivity index (χ2v) is 5.55. The number of nitrogens with one attached hydrogen (secondary N) is 1. The molecule has 1 aliphatic heterocycles. The third-order valence-corrected chi connectivity index (χ3v) is 4.52. The Morgan fingerprint density at radius 1 is 1.47 bits per heavy atom. The zero-order valence-corrected chi connectivity index (χ0v) is 9.50. The lowest BCUT2D eigenvalue weighted by Gasteiger charge is -2.21. The molecule has 0 aliphatic carbocycles. The molecule has 1 saturated heterocycles. The number of nitrogens with zero attached hydrogens (tertiary/aromatic N) is 1. The van der Waals surface area contributed by atoms with Gasteiger partial charge in [-0.3, -0.25) is 9.19 Å². The number of hydrogen-bond donors (Lipinski definition) is 1. The van der Waals surface area contributed by atoms with Crippen molar-refractivity contribution in [2.24, 2.45) is 0 Å². The van der Waals surface area contributed by atoms with Crippen molar-refractivity contribution in [1.82, 2.24) is 10.3 Å². The minimum absolute atomic E-state index is 0.367. The van der Waals surface area contributed by atoms with Crippen LogP contribution in [-0.4, -0.2) is 27.5 Å². The number of pyridine rings is 1. The van der Waals surface area contributed by atoms with E-state index in [9.17, 15) is 4.21 Å². The number of hydrogen-bond acceptors (Lipinski definition) is 3. The van der Waals surface area contributed by atoms with Gasteiger partial charge < -0.3 is 5.32 Å². The van der Waals surface area contributed by atoms with Gasteiger partial charge >= 0.3 is 0 Å². The van der Waals surface area contributed by atoms with Gasteiger partial charge in [0.05, 0.1) is 5.75 Å². The van der Waals surface area contributed by atoms with Crippen molar-refractivity contribution in [2.75, 3.05) is 13.1 Å². The summed E-state index contributed by atoms with van der Waals surface area (Å²) in [5.74, 6) is 0.651. The molecule has 0 bridgehead atoms. The van der Waals surface area contributed by atoms with E-state index in [4.69, 9.17) is 0 Å². The molecule has 2 heterocycles. The fourth-order valence-corrected chi connectivity index (χ4v) is 3.32. The van der Waals surface area contributed by atoms with Gasteiger partial charge in [0.2, 0.25) is 0 Å². The highest BCUT2D eigenvalue weighted by Gasteiger charge is 2.19. The highest BCUT2D eigenvalue weighted by Crippen LogP contribution is 2.14. The van der Waals surface area contributed by atoms with E-state index in [2.05, 4.69) is 10.3 Å². The average molecular weight is 224 g/mol. The first-order valence-electron chi connectivity index (χ1n) is 5.33. The first-order valence-corrected chi connectivity index (χ1v) is 6.71. The molecule has 4 heteroatoms. The van der Waals surface area contributed by atoms with Crippen LogP contribution in [0.25, 0.3) is 0 Å². The van der Waals surface area contributed by atoms with Gasteiger partial charge in [0.25, 0.3) is 0 Å². The van der Waals surface area contributed by atoms with Crippen molar-refractivity contribution < 1.29 is 4.21 Å². The molecule has 0 unspecified atom stereocenters. The van der Waals surface area contributed by atoms with E-state index in [0.29, 0.717) is 11.0 Å². The minimum atomic E-state index is -0.737. The van der Waals surface area contributed by atoms with Crippen molar-refractivity contribution >= 4 is 10.8 Å². The normalized spacial score (nSPS) is 20.0. The van der Waals surface area contributed by atoms with Gasteiger partial charge in [-0.2, -0.15) is 0 Å². The third kappa shape index (κ3) is 3.11. The van der Waals surface area contributed by atoms with Crippen LogP contribution in [0, 0.1) is 0 Å². The molecule has 15 heavy (non-hydrogen) atoms. The van der Waals surface area contributed by atoms with Crippen molar-refractivity contribution in [3.05, 3.63) is 30.1 Å². The lowest BCUT2D eigenvalue weighted by molar-refractivity contribution is 0.519. The first kappa shape index (κ1) is 10.8. The van der Waals surface area contributed by atoms with Gasteiger partial charge in [0.15, 0.2) is 0 Å². The Kier molecular flexibility index (Phi) is 3.86. The fourth-order valence-electron chi connectivity index (χ4n) is 1.82. The Morgan fingerprint density at radius 3 is 2.93 bits per heavy atom. The van der Waals surface area contributed by atoms with Crippen molar-refractivity contribution in [2.45, 2.75) is 23.8 Å². The summed E-state index contributed by atoms with van der Waals surface area (Å²) in [6, 6.07) is 3.89. The fraction of sp³-hybridized carbons (Fsp3) is 0.545. The number of aromatic nitrogens is 1. The van der Waals surface area contributed by atoms with E-state index in [1.807, 2.05) is 12.1 Å². The second kappa shape index (κ2) is 5.37. The maximum Gasteiger partial charge on any atom is 0.0503 e. The monoisotopic (exact) mass is 224 g/mol. The number of piperidine rings is 1. The Hall–Kier alpha value is -0.740. The van der Waals surface area contributed by atoms with Crippen LogP contribution in [0.15, 0.2) is 24.5 Å². The van der Waals surface area contributed by atoms with Gasteiger partial charge in [-0.05, 0) is 37.6 Å². The summed E-state index contributed by atoms with van der Waals surface area (Å²) in [4.78, 5) is 4.04. The minimum Gasteiger partial charge on any atom is -0.317 e. The summed E-state index contributed by atoms with van der Waals surface area (Å²) in [6.45, 7) is 2.01. The highest BCUT2D eigenvalue weighted by molar-refractivity contribution is 7.84. The molecule has 1 aliphatic rings. The standard InChI is InChI=1S/C11H16N2OS/c14-15(11-3-6-12-7-4-11)9-10-2-1-5-13-8-10/h1-2,5,8,11-12H,3-4,6-7,9H2/t15-/m0/s1. The molecular weight excluding hydrogens is 208 g/mol. The van der Waals surface area contributed by atoms with Crippen LogP contribution >= 0.6 is 0 Å². The first-order chi connectivity index (χ1) is 7.36. The van der Waals surface area contributed by atoms with Gasteiger partial charge in [-0.25, -0.2) is 0 Å². The summed E-state index contributed by atoms with van der Waals surface area (Å²) >= 11 is 0. The van der Waals surface area contributed by atoms with Crippen LogP contribution in [0.3, 0.4) is 0 Å². The summed E-state index contributed by atoms with van der Waals surface area (Å²) in [5, 5.41) is 3.65. The molecule has 0 saturated carbocycles. The summed E-state index contributed by atoms with van der Waals surface area (Å²) in [7, 11) is -0.737. The Bertz CT molecular complexity index is 323. The SMILES string of the molecule is O=[S@@](Cc1cccnc1)C1CCNCC1. The Balaban J connectivity index is 1.91. The second-order valence-electron chi connectivity index (χ2n) is 3.84. The lowest BCUT2D eigenvalue weighted by Crippen LogP contribution is -2.33. The lowest BCUT2D eigenvalue weighted by atomic mass is 10.2. The van der Waals surface area contributed by atoms with Crippen LogP contribution in [0.2, 0.25) is 0 Å². The highest BCUT2D eigenvalue weighted by atomic mass is 32.2. The topological polar surface area (TPSA) is 42.0 Å². The molecule has 0 spiro atoms. The molecule has 1 aromatic heterocycles. The molecule has 82 valence electrons. The molecule has 0 amide bonds. The largest absolute Gasteiger partial charge is 0.317 e. The molecule has 1 fully saturated rings. The molecule has 0 aromatic carbocycles. The van der Waals surface area contributed by atoms with E-state index in [0.717, 1.165) is 31.5 Å². The van der Waals surface area contributed by atoms with E-state index in [-0.39, 0.29) is 0 Å². The quantitative estimate of drug-likeness (QED) is 0.835. The van der Waals surface area contributed by atoms with Gasteiger partial charge in [-0.15, -0.1) is 0 Å². The van der Waals surface area contributed by atoms with E-state index >= 15 is 0 Å². The maximum absolute atomic E-state index is 12.0. The van der Waals surface area contributed by atoms with E-state index < -0.39 is 10.8 Å². The van der Waals surface area contributed by atoms with Gasteiger partial charge in [0, 0.05) is 28.4 Å². The van der Waals surface area contributed by atoms with Crippen LogP contribution in [0.4, 0.5) is 0 Å². The smallest absolute Gasteiger partial charge is 0.0503 e. The van der Waals surface area contributed by atoms with Crippen molar-refractivity contribution in [3.63, 3.8) is 0 Å². The van der Waals surface area contributed by atoms with Gasteiger partial charge in [0.1, 0.15) is 0 Å². The predicted molar refractivity (Wildman–Crippen MR) is 62.0 cm³/mol. The van der Waals surface area contributed by atoms with Crippen LogP contribution in [-0.2, 0) is 16.6 Å². The molecular formula is C11H16N2OS. The average Bonchev–Trinajstić information content (AvgIpc) is 2.31. The molecule has 3 nitrogen and oxygen atoms in total. The molecule has 1 N–H and O–H groups in total. The van der Waals surface area contributed by atoms with Crippen molar-refractivity contribution in [1.29, 1.82) is 0 Å². The maximum atomic E-state index is 12.0. The third-order valence-electron chi connectivity index (χ3n) is 2.69. The summed E-state index contributed by atoms with van der Waals surface area (Å²) < 4.78 is 12.0. The summed E-state index contributed by atoms with van der Waals surface area (Å²) in [5.41, 5.74) is 1.08. The molecule has 0 radical (unpaired) electrons. The molecule has 2 rings (SSSR count). The zero-order chi connectivity index (χ0) is 10.5. The van der Waals surface area contributed by atoms with Crippen LogP contribution in [0.1, 0.15) is 18.4 Å². The van der Waals surface area contributed by atoms with Crippen molar-refractivity contribution in [3.8, 4) is 0 Å². The summed E-state index contributed by atoms with van der Waals surface area (Å²) in [6.07, 6.45) is 5.62. The predicted octanol–water partition coefficient (Wildman–Crippen LogP) is 1.08. The van der Waals surface area contributed by atoms with Crippen LogP contribution in [0.5, 0.6) is 0 Å². The van der Waals surface area contributed by atoms with Gasteiger partial charge in [-0.1, -0.05) is 6.07 Å².